The molecular weight excluding hydrogens is 170 g/mol. The summed E-state index contributed by atoms with van der Waals surface area (Å²) in [6, 6.07) is 8.45. The second-order valence-electron chi connectivity index (χ2n) is 4.79. The minimum absolute atomic E-state index is 0.116. The number of nitrogens with zero attached hydrogens (tertiary/aromatic N) is 1. The van der Waals surface area contributed by atoms with Crippen LogP contribution < -0.4 is 0 Å². The maximum absolute atomic E-state index is 4.72. The Balaban J connectivity index is 2.56. The van der Waals surface area contributed by atoms with E-state index in [2.05, 4.69) is 52.0 Å². The maximum Gasteiger partial charge on any atom is 0.0670 e. The van der Waals surface area contributed by atoms with Crippen LogP contribution in [-0.4, -0.2) is 5.71 Å². The SMILES string of the molecule is CC(C)C1=Nc2ccccc2C1(C)C. The van der Waals surface area contributed by atoms with Gasteiger partial charge in [-0.05, 0) is 17.5 Å². The molecule has 0 unspecified atom stereocenters. The quantitative estimate of drug-likeness (QED) is 0.635. The Hall–Kier alpha value is -1.11. The van der Waals surface area contributed by atoms with E-state index in [0.29, 0.717) is 5.92 Å². The molecule has 0 aliphatic carbocycles. The smallest absolute Gasteiger partial charge is 0.0670 e. The summed E-state index contributed by atoms with van der Waals surface area (Å²) in [4.78, 5) is 4.72. The van der Waals surface area contributed by atoms with E-state index in [1.807, 2.05) is 0 Å². The van der Waals surface area contributed by atoms with E-state index in [4.69, 9.17) is 4.99 Å². The first-order valence-electron chi connectivity index (χ1n) is 5.22. The summed E-state index contributed by atoms with van der Waals surface area (Å²) in [7, 11) is 0. The first kappa shape index (κ1) is 9.45. The van der Waals surface area contributed by atoms with E-state index in [-0.39, 0.29) is 5.41 Å². The van der Waals surface area contributed by atoms with E-state index in [9.17, 15) is 0 Å². The van der Waals surface area contributed by atoms with E-state index in [1.54, 1.807) is 0 Å². The van der Waals surface area contributed by atoms with Crippen LogP contribution in [0.3, 0.4) is 0 Å². The van der Waals surface area contributed by atoms with Crippen LogP contribution in [0.15, 0.2) is 29.3 Å². The molecule has 2 rings (SSSR count). The Labute approximate surface area is 85.9 Å². The summed E-state index contributed by atoms with van der Waals surface area (Å²) < 4.78 is 0. The highest BCUT2D eigenvalue weighted by atomic mass is 14.8. The zero-order chi connectivity index (χ0) is 10.3. The molecule has 1 heteroatoms. The molecule has 0 aromatic heterocycles. The minimum atomic E-state index is 0.116. The number of aliphatic imine (C=N–C) groups is 1. The number of hydrogen-bond donors (Lipinski definition) is 0. The van der Waals surface area contributed by atoms with Gasteiger partial charge in [-0.2, -0.15) is 0 Å². The summed E-state index contributed by atoms with van der Waals surface area (Å²) >= 11 is 0. The van der Waals surface area contributed by atoms with Gasteiger partial charge < -0.3 is 0 Å². The Bertz CT molecular complexity index is 386. The molecule has 0 bridgehead atoms. The third kappa shape index (κ3) is 1.19. The second-order valence-corrected chi connectivity index (χ2v) is 4.79. The van der Waals surface area contributed by atoms with E-state index >= 15 is 0 Å². The van der Waals surface area contributed by atoms with Crippen LogP contribution >= 0.6 is 0 Å². The second kappa shape index (κ2) is 2.94. The van der Waals surface area contributed by atoms with Crippen LogP contribution in [0.2, 0.25) is 0 Å². The average molecular weight is 187 g/mol. The molecule has 0 amide bonds. The number of hydrogen-bond acceptors (Lipinski definition) is 1. The number of para-hydroxylation sites is 1. The lowest BCUT2D eigenvalue weighted by atomic mass is 9.78. The van der Waals surface area contributed by atoms with Gasteiger partial charge in [-0.15, -0.1) is 0 Å². The molecule has 0 atom stereocenters. The molecule has 74 valence electrons. The zero-order valence-electron chi connectivity index (χ0n) is 9.33. The lowest BCUT2D eigenvalue weighted by molar-refractivity contribution is 0.680. The van der Waals surface area contributed by atoms with Crippen molar-refractivity contribution in [3.8, 4) is 0 Å². The predicted molar refractivity (Wildman–Crippen MR) is 61.4 cm³/mol. The van der Waals surface area contributed by atoms with Gasteiger partial charge in [0.2, 0.25) is 0 Å². The molecule has 1 nitrogen and oxygen atoms in total. The molecule has 0 saturated carbocycles. The van der Waals surface area contributed by atoms with Gasteiger partial charge in [0.25, 0.3) is 0 Å². The van der Waals surface area contributed by atoms with Crippen molar-refractivity contribution >= 4 is 11.4 Å². The van der Waals surface area contributed by atoms with Crippen molar-refractivity contribution in [3.05, 3.63) is 29.8 Å². The maximum atomic E-state index is 4.72. The standard InChI is InChI=1S/C13H17N/c1-9(2)12-13(3,4)10-7-5-6-8-11(10)14-12/h5-9H,1-4H3. The van der Waals surface area contributed by atoms with Crippen LogP contribution in [-0.2, 0) is 5.41 Å². The fourth-order valence-corrected chi connectivity index (χ4v) is 2.36. The molecule has 1 aliphatic rings. The summed E-state index contributed by atoms with van der Waals surface area (Å²) in [5.41, 5.74) is 3.94. The third-order valence-corrected chi connectivity index (χ3v) is 3.01. The molecule has 1 aliphatic heterocycles. The van der Waals surface area contributed by atoms with E-state index in [0.717, 1.165) is 5.69 Å². The topological polar surface area (TPSA) is 12.4 Å². The van der Waals surface area contributed by atoms with Crippen LogP contribution in [0.1, 0.15) is 33.3 Å². The molecule has 1 aromatic carbocycles. The van der Waals surface area contributed by atoms with Gasteiger partial charge in [-0.1, -0.05) is 45.9 Å². The van der Waals surface area contributed by atoms with Gasteiger partial charge >= 0.3 is 0 Å². The average Bonchev–Trinajstić information content (AvgIpc) is 2.39. The lowest BCUT2D eigenvalue weighted by Crippen LogP contribution is -2.29. The first-order chi connectivity index (χ1) is 6.53. The highest BCUT2D eigenvalue weighted by Gasteiger charge is 2.35. The third-order valence-electron chi connectivity index (χ3n) is 3.01. The monoisotopic (exact) mass is 187 g/mol. The van der Waals surface area contributed by atoms with Crippen molar-refractivity contribution in [1.29, 1.82) is 0 Å². The fraction of sp³-hybridized carbons (Fsp3) is 0.462. The molecule has 0 radical (unpaired) electrons. The number of fused-ring (bicyclic) bond motifs is 1. The predicted octanol–water partition coefficient (Wildman–Crippen LogP) is 3.71. The van der Waals surface area contributed by atoms with Crippen LogP contribution in [0, 0.1) is 5.92 Å². The number of rotatable bonds is 1. The molecule has 1 heterocycles. The van der Waals surface area contributed by atoms with Crippen LogP contribution in [0.4, 0.5) is 5.69 Å². The Morgan fingerprint density at radius 3 is 2.36 bits per heavy atom. The Kier molecular flexibility index (Phi) is 1.99. The first-order valence-corrected chi connectivity index (χ1v) is 5.22. The van der Waals surface area contributed by atoms with Crippen LogP contribution in [0.5, 0.6) is 0 Å². The largest absolute Gasteiger partial charge is 0.256 e. The summed E-state index contributed by atoms with van der Waals surface area (Å²) in [6.45, 7) is 8.95. The van der Waals surface area contributed by atoms with Gasteiger partial charge in [-0.25, -0.2) is 0 Å². The zero-order valence-corrected chi connectivity index (χ0v) is 9.33. The van der Waals surface area contributed by atoms with Gasteiger partial charge in [0, 0.05) is 11.1 Å². The van der Waals surface area contributed by atoms with Crippen molar-refractivity contribution < 1.29 is 0 Å². The normalized spacial score (nSPS) is 18.2. The summed E-state index contributed by atoms with van der Waals surface area (Å²) in [6.07, 6.45) is 0. The van der Waals surface area contributed by atoms with E-state index < -0.39 is 0 Å². The van der Waals surface area contributed by atoms with Crippen molar-refractivity contribution in [2.75, 3.05) is 0 Å². The Morgan fingerprint density at radius 1 is 1.14 bits per heavy atom. The molecule has 0 saturated heterocycles. The van der Waals surface area contributed by atoms with Crippen LogP contribution in [0.25, 0.3) is 0 Å². The Morgan fingerprint density at radius 2 is 1.79 bits per heavy atom. The van der Waals surface area contributed by atoms with Gasteiger partial charge in [0.15, 0.2) is 0 Å². The molecular formula is C13H17N. The lowest BCUT2D eigenvalue weighted by Gasteiger charge is -2.24. The fourth-order valence-electron chi connectivity index (χ4n) is 2.36. The van der Waals surface area contributed by atoms with Gasteiger partial charge in [0.1, 0.15) is 0 Å². The highest BCUT2D eigenvalue weighted by molar-refractivity contribution is 6.02. The molecule has 0 N–H and O–H groups in total. The van der Waals surface area contributed by atoms with E-state index in [1.165, 1.54) is 11.3 Å². The molecule has 14 heavy (non-hydrogen) atoms. The summed E-state index contributed by atoms with van der Waals surface area (Å²) in [5.74, 6) is 0.525. The number of benzene rings is 1. The van der Waals surface area contributed by atoms with Gasteiger partial charge in [-0.3, -0.25) is 4.99 Å². The molecule has 0 spiro atoms. The van der Waals surface area contributed by atoms with Crippen molar-refractivity contribution in [3.63, 3.8) is 0 Å². The van der Waals surface area contributed by atoms with Crippen molar-refractivity contribution in [1.82, 2.24) is 0 Å². The van der Waals surface area contributed by atoms with Gasteiger partial charge in [0.05, 0.1) is 5.69 Å². The molecule has 1 aromatic rings. The van der Waals surface area contributed by atoms with Crippen molar-refractivity contribution in [2.45, 2.75) is 33.1 Å². The highest BCUT2D eigenvalue weighted by Crippen LogP contribution is 2.41. The summed E-state index contributed by atoms with van der Waals surface area (Å²) in [5, 5.41) is 0. The minimum Gasteiger partial charge on any atom is -0.256 e. The molecule has 0 fully saturated rings. The van der Waals surface area contributed by atoms with Crippen molar-refractivity contribution in [2.24, 2.45) is 10.9 Å².